The van der Waals surface area contributed by atoms with Crippen LogP contribution in [0, 0.1) is 6.92 Å². The molecule has 0 radical (unpaired) electrons. The average molecular weight is 354 g/mol. The Balaban J connectivity index is 2.09. The molecule has 0 bridgehead atoms. The van der Waals surface area contributed by atoms with E-state index in [-0.39, 0.29) is 0 Å². The van der Waals surface area contributed by atoms with E-state index in [1.54, 1.807) is 0 Å². The lowest BCUT2D eigenvalue weighted by Gasteiger charge is -2.13. The fourth-order valence-corrected chi connectivity index (χ4v) is 2.91. The average Bonchev–Trinajstić information content (AvgIpc) is 2.37. The van der Waals surface area contributed by atoms with Gasteiger partial charge in [-0.25, -0.2) is 0 Å². The predicted molar refractivity (Wildman–Crippen MR) is 88.8 cm³/mol. The van der Waals surface area contributed by atoms with E-state index < -0.39 is 0 Å². The molecule has 106 valence electrons. The van der Waals surface area contributed by atoms with Crippen molar-refractivity contribution in [3.63, 3.8) is 0 Å². The number of ether oxygens (including phenoxy) is 1. The number of benzene rings is 2. The van der Waals surface area contributed by atoms with Gasteiger partial charge in [0, 0.05) is 15.1 Å². The van der Waals surface area contributed by atoms with Crippen LogP contribution < -0.4 is 4.74 Å². The first-order valence-corrected chi connectivity index (χ1v) is 7.81. The van der Waals surface area contributed by atoms with Crippen LogP contribution in [-0.2, 0) is 6.61 Å². The molecule has 0 fully saturated rings. The highest BCUT2D eigenvalue weighted by atomic mass is 79.9. The van der Waals surface area contributed by atoms with Crippen molar-refractivity contribution >= 4 is 27.5 Å². The second kappa shape index (κ2) is 6.64. The molecule has 0 aliphatic rings. The second-order valence-electron chi connectivity index (χ2n) is 5.20. The lowest BCUT2D eigenvalue weighted by Crippen LogP contribution is -1.98. The lowest BCUT2D eigenvalue weighted by molar-refractivity contribution is 0.306. The summed E-state index contributed by atoms with van der Waals surface area (Å²) in [4.78, 5) is 0. The first-order chi connectivity index (χ1) is 9.47. The smallest absolute Gasteiger partial charge is 0.120 e. The maximum Gasteiger partial charge on any atom is 0.120 e. The summed E-state index contributed by atoms with van der Waals surface area (Å²) in [6.45, 7) is 7.00. The van der Waals surface area contributed by atoms with Gasteiger partial charge in [-0.3, -0.25) is 0 Å². The van der Waals surface area contributed by atoms with E-state index in [1.165, 1.54) is 11.1 Å². The van der Waals surface area contributed by atoms with Gasteiger partial charge < -0.3 is 4.74 Å². The van der Waals surface area contributed by atoms with Gasteiger partial charge in [-0.1, -0.05) is 53.5 Å². The molecule has 0 aromatic heterocycles. The van der Waals surface area contributed by atoms with Gasteiger partial charge in [-0.2, -0.15) is 0 Å². The van der Waals surface area contributed by atoms with E-state index in [0.29, 0.717) is 12.5 Å². The van der Waals surface area contributed by atoms with Crippen molar-refractivity contribution in [1.29, 1.82) is 0 Å². The van der Waals surface area contributed by atoms with Crippen molar-refractivity contribution in [1.82, 2.24) is 0 Å². The molecule has 2 aromatic rings. The Bertz CT molecular complexity index is 608. The largest absolute Gasteiger partial charge is 0.489 e. The molecule has 0 atom stereocenters. The van der Waals surface area contributed by atoms with Crippen molar-refractivity contribution in [2.45, 2.75) is 33.3 Å². The minimum Gasteiger partial charge on any atom is -0.489 e. The molecule has 0 unspecified atom stereocenters. The second-order valence-corrected chi connectivity index (χ2v) is 6.52. The molecule has 0 aliphatic carbocycles. The molecule has 3 heteroatoms. The number of halogens is 2. The number of rotatable bonds is 4. The monoisotopic (exact) mass is 352 g/mol. The molecule has 0 spiro atoms. The third-order valence-corrected chi connectivity index (χ3v) is 4.12. The third-order valence-electron chi connectivity index (χ3n) is 3.27. The van der Waals surface area contributed by atoms with Crippen LogP contribution in [0.3, 0.4) is 0 Å². The number of aryl methyl sites for hydroxylation is 1. The molecule has 0 aliphatic heterocycles. The Hall–Kier alpha value is -0.990. The quantitative estimate of drug-likeness (QED) is 0.644. The van der Waals surface area contributed by atoms with Crippen molar-refractivity contribution < 1.29 is 4.74 Å². The summed E-state index contributed by atoms with van der Waals surface area (Å²) in [6, 6.07) is 12.1. The molecule has 0 N–H and O–H groups in total. The molecule has 0 amide bonds. The van der Waals surface area contributed by atoms with Crippen LogP contribution in [0.5, 0.6) is 5.75 Å². The van der Waals surface area contributed by atoms with Gasteiger partial charge in [-0.15, -0.1) is 0 Å². The van der Waals surface area contributed by atoms with Crippen LogP contribution >= 0.6 is 27.5 Å². The SMILES string of the molecule is Cc1cc(OCc2ccc(Br)cc2Cl)ccc1C(C)C. The van der Waals surface area contributed by atoms with Crippen LogP contribution in [0.4, 0.5) is 0 Å². The van der Waals surface area contributed by atoms with Crippen LogP contribution in [-0.4, -0.2) is 0 Å². The fourth-order valence-electron chi connectivity index (χ4n) is 2.19. The van der Waals surface area contributed by atoms with Crippen LogP contribution in [0.15, 0.2) is 40.9 Å². The highest BCUT2D eigenvalue weighted by Crippen LogP contribution is 2.26. The van der Waals surface area contributed by atoms with Crippen LogP contribution in [0.2, 0.25) is 5.02 Å². The normalized spacial score (nSPS) is 10.9. The zero-order chi connectivity index (χ0) is 14.7. The molecule has 0 saturated carbocycles. The van der Waals surface area contributed by atoms with Gasteiger partial charge in [0.1, 0.15) is 12.4 Å². The minimum atomic E-state index is 0.479. The van der Waals surface area contributed by atoms with E-state index >= 15 is 0 Å². The third kappa shape index (κ3) is 3.77. The van der Waals surface area contributed by atoms with Crippen LogP contribution in [0.1, 0.15) is 36.5 Å². The van der Waals surface area contributed by atoms with E-state index in [0.717, 1.165) is 20.8 Å². The fraction of sp³-hybridized carbons (Fsp3) is 0.294. The van der Waals surface area contributed by atoms with Crippen molar-refractivity contribution in [2.75, 3.05) is 0 Å². The van der Waals surface area contributed by atoms with E-state index in [2.05, 4.69) is 48.8 Å². The van der Waals surface area contributed by atoms with Gasteiger partial charge >= 0.3 is 0 Å². The van der Waals surface area contributed by atoms with Gasteiger partial charge in [0.15, 0.2) is 0 Å². The molecule has 20 heavy (non-hydrogen) atoms. The Labute approximate surface area is 134 Å². The number of hydrogen-bond acceptors (Lipinski definition) is 1. The number of hydrogen-bond donors (Lipinski definition) is 0. The Morgan fingerprint density at radius 2 is 1.90 bits per heavy atom. The topological polar surface area (TPSA) is 9.23 Å². The molecular formula is C17H18BrClO. The molecule has 2 aromatic carbocycles. The first kappa shape index (κ1) is 15.4. The summed E-state index contributed by atoms with van der Waals surface area (Å²) in [5.74, 6) is 1.41. The van der Waals surface area contributed by atoms with Gasteiger partial charge in [0.05, 0.1) is 0 Å². The Kier molecular flexibility index (Phi) is 5.11. The zero-order valence-electron chi connectivity index (χ0n) is 11.9. The summed E-state index contributed by atoms with van der Waals surface area (Å²) >= 11 is 9.58. The Morgan fingerprint density at radius 1 is 1.15 bits per heavy atom. The first-order valence-electron chi connectivity index (χ1n) is 6.64. The lowest BCUT2D eigenvalue weighted by atomic mass is 9.98. The van der Waals surface area contributed by atoms with Crippen molar-refractivity contribution in [3.05, 3.63) is 62.6 Å². The molecule has 0 saturated heterocycles. The predicted octanol–water partition coefficient (Wildman–Crippen LogP) is 6.11. The standard InChI is InChI=1S/C17H18BrClO/c1-11(2)16-7-6-15(8-12(16)3)20-10-13-4-5-14(18)9-17(13)19/h4-9,11H,10H2,1-3H3. The summed E-state index contributed by atoms with van der Waals surface area (Å²) in [6.07, 6.45) is 0. The highest BCUT2D eigenvalue weighted by Gasteiger charge is 2.06. The van der Waals surface area contributed by atoms with Gasteiger partial charge in [0.2, 0.25) is 0 Å². The van der Waals surface area contributed by atoms with Crippen molar-refractivity contribution in [3.8, 4) is 5.75 Å². The molecule has 2 rings (SSSR count). The highest BCUT2D eigenvalue weighted by molar-refractivity contribution is 9.10. The van der Waals surface area contributed by atoms with Gasteiger partial charge in [0.25, 0.3) is 0 Å². The summed E-state index contributed by atoms with van der Waals surface area (Å²) in [5.41, 5.74) is 3.61. The van der Waals surface area contributed by atoms with Crippen LogP contribution in [0.25, 0.3) is 0 Å². The van der Waals surface area contributed by atoms with E-state index in [4.69, 9.17) is 16.3 Å². The maximum atomic E-state index is 6.18. The molecular weight excluding hydrogens is 336 g/mol. The molecule has 0 heterocycles. The summed E-state index contributed by atoms with van der Waals surface area (Å²) < 4.78 is 6.80. The Morgan fingerprint density at radius 3 is 2.50 bits per heavy atom. The zero-order valence-corrected chi connectivity index (χ0v) is 14.3. The van der Waals surface area contributed by atoms with Gasteiger partial charge in [-0.05, 0) is 48.2 Å². The van der Waals surface area contributed by atoms with E-state index in [9.17, 15) is 0 Å². The van der Waals surface area contributed by atoms with Crippen molar-refractivity contribution in [2.24, 2.45) is 0 Å². The minimum absolute atomic E-state index is 0.479. The summed E-state index contributed by atoms with van der Waals surface area (Å²) in [5, 5.41) is 0.717. The summed E-state index contributed by atoms with van der Waals surface area (Å²) in [7, 11) is 0. The molecule has 1 nitrogen and oxygen atoms in total. The maximum absolute atomic E-state index is 6.18. The van der Waals surface area contributed by atoms with E-state index in [1.807, 2.05) is 24.3 Å².